The highest BCUT2D eigenvalue weighted by atomic mass is 16.3. The number of hydrogen-bond donors (Lipinski definition) is 2. The first-order valence-electron chi connectivity index (χ1n) is 13.6. The van der Waals surface area contributed by atoms with Crippen molar-refractivity contribution in [2.45, 2.75) is 162 Å². The molecule has 0 aliphatic rings. The van der Waals surface area contributed by atoms with E-state index in [2.05, 4.69) is 19.2 Å². The fourth-order valence-corrected chi connectivity index (χ4v) is 4.40. The Morgan fingerprint density at radius 3 is 1.31 bits per heavy atom. The molecule has 0 aliphatic carbocycles. The molecule has 0 aromatic heterocycles. The van der Waals surface area contributed by atoms with Crippen LogP contribution >= 0.6 is 0 Å². The lowest BCUT2D eigenvalue weighted by Gasteiger charge is -2.14. The van der Waals surface area contributed by atoms with Gasteiger partial charge in [-0.3, -0.25) is 5.32 Å². The molecule has 0 rings (SSSR count). The van der Waals surface area contributed by atoms with E-state index in [4.69, 9.17) is 5.11 Å². The first-order chi connectivity index (χ1) is 14.2. The molecule has 0 heterocycles. The van der Waals surface area contributed by atoms with Crippen LogP contribution in [0.1, 0.15) is 156 Å². The second-order valence-electron chi connectivity index (χ2n) is 9.49. The van der Waals surface area contributed by atoms with E-state index in [1.54, 1.807) is 6.92 Å². The van der Waals surface area contributed by atoms with Gasteiger partial charge in [0.25, 0.3) is 0 Å². The third kappa shape index (κ3) is 24.1. The summed E-state index contributed by atoms with van der Waals surface area (Å²) in [7, 11) is 0. The quantitative estimate of drug-likeness (QED) is 0.123. The summed E-state index contributed by atoms with van der Waals surface area (Å²) >= 11 is 0. The lowest BCUT2D eigenvalue weighted by molar-refractivity contribution is 0.156. The molecule has 176 valence electrons. The second-order valence-corrected chi connectivity index (χ2v) is 9.49. The topological polar surface area (TPSA) is 32.3 Å². The summed E-state index contributed by atoms with van der Waals surface area (Å²) in [5, 5.41) is 12.2. The van der Waals surface area contributed by atoms with Gasteiger partial charge in [0.05, 0.1) is 0 Å². The molecule has 0 radical (unpaired) electrons. The standard InChI is InChI=1S/C27H57NO/c1-4-6-7-8-9-10-11-14-17-20-23-27(5-2)24-21-18-15-12-13-16-19-22-25-28-26(3)29/h26-29H,4-25H2,1-3H3. The van der Waals surface area contributed by atoms with Crippen molar-refractivity contribution in [2.75, 3.05) is 6.54 Å². The lowest BCUT2D eigenvalue weighted by Crippen LogP contribution is -2.26. The van der Waals surface area contributed by atoms with Gasteiger partial charge in [0, 0.05) is 0 Å². The Labute approximate surface area is 185 Å². The molecule has 0 saturated heterocycles. The molecule has 0 aliphatic heterocycles. The van der Waals surface area contributed by atoms with Crippen LogP contribution in [0.15, 0.2) is 0 Å². The van der Waals surface area contributed by atoms with Gasteiger partial charge in [-0.05, 0) is 25.8 Å². The zero-order chi connectivity index (χ0) is 21.4. The van der Waals surface area contributed by atoms with Crippen LogP contribution in [-0.2, 0) is 0 Å². The largest absolute Gasteiger partial charge is 0.379 e. The maximum absolute atomic E-state index is 9.14. The molecule has 0 aromatic rings. The summed E-state index contributed by atoms with van der Waals surface area (Å²) in [5.74, 6) is 0.991. The minimum Gasteiger partial charge on any atom is -0.379 e. The SMILES string of the molecule is CCCCCCCCCCCCC(CC)CCCCCCCCCCNC(C)O. The monoisotopic (exact) mass is 411 g/mol. The van der Waals surface area contributed by atoms with E-state index in [9.17, 15) is 0 Å². The van der Waals surface area contributed by atoms with E-state index in [1.807, 2.05) is 0 Å². The number of aliphatic hydroxyl groups is 1. The van der Waals surface area contributed by atoms with Crippen molar-refractivity contribution in [2.24, 2.45) is 5.92 Å². The van der Waals surface area contributed by atoms with Gasteiger partial charge in [-0.15, -0.1) is 0 Å². The van der Waals surface area contributed by atoms with Crippen LogP contribution in [0, 0.1) is 5.92 Å². The molecule has 0 aromatic carbocycles. The van der Waals surface area contributed by atoms with Crippen LogP contribution in [-0.4, -0.2) is 17.9 Å². The molecule has 29 heavy (non-hydrogen) atoms. The molecule has 0 fully saturated rings. The molecule has 2 N–H and O–H groups in total. The third-order valence-electron chi connectivity index (χ3n) is 6.52. The van der Waals surface area contributed by atoms with Gasteiger partial charge >= 0.3 is 0 Å². The smallest absolute Gasteiger partial charge is 0.102 e. The maximum atomic E-state index is 9.14. The van der Waals surface area contributed by atoms with Gasteiger partial charge in [-0.2, -0.15) is 0 Å². The summed E-state index contributed by atoms with van der Waals surface area (Å²) in [6.45, 7) is 7.44. The van der Waals surface area contributed by atoms with Crippen LogP contribution in [0.25, 0.3) is 0 Å². The minimum absolute atomic E-state index is 0.355. The van der Waals surface area contributed by atoms with Gasteiger partial charge in [-0.1, -0.05) is 142 Å². The molecule has 0 amide bonds. The molecule has 0 spiro atoms. The molecule has 2 unspecified atom stereocenters. The van der Waals surface area contributed by atoms with Crippen molar-refractivity contribution in [1.82, 2.24) is 5.32 Å². The average molecular weight is 412 g/mol. The Kier molecular flexibility index (Phi) is 24.1. The molecule has 2 atom stereocenters. The summed E-state index contributed by atoms with van der Waals surface area (Å²) < 4.78 is 0. The van der Waals surface area contributed by atoms with E-state index in [1.165, 1.54) is 135 Å². The lowest BCUT2D eigenvalue weighted by atomic mass is 9.92. The normalized spacial score (nSPS) is 13.7. The van der Waals surface area contributed by atoms with Crippen molar-refractivity contribution in [3.63, 3.8) is 0 Å². The number of unbranched alkanes of at least 4 members (excludes halogenated alkanes) is 16. The number of rotatable bonds is 24. The Hall–Kier alpha value is -0.0800. The highest BCUT2D eigenvalue weighted by Gasteiger charge is 2.06. The zero-order valence-corrected chi connectivity index (χ0v) is 20.7. The van der Waals surface area contributed by atoms with Crippen LogP contribution in [0.2, 0.25) is 0 Å². The third-order valence-corrected chi connectivity index (χ3v) is 6.52. The van der Waals surface area contributed by atoms with E-state index < -0.39 is 0 Å². The van der Waals surface area contributed by atoms with E-state index in [-0.39, 0.29) is 6.23 Å². The average Bonchev–Trinajstić information content (AvgIpc) is 2.71. The van der Waals surface area contributed by atoms with Crippen molar-refractivity contribution >= 4 is 0 Å². The highest BCUT2D eigenvalue weighted by molar-refractivity contribution is 4.59. The number of nitrogens with one attached hydrogen (secondary N) is 1. The van der Waals surface area contributed by atoms with Gasteiger partial charge < -0.3 is 5.11 Å². The van der Waals surface area contributed by atoms with Crippen LogP contribution in [0.5, 0.6) is 0 Å². The predicted molar refractivity (Wildman–Crippen MR) is 131 cm³/mol. The molecule has 0 bridgehead atoms. The Bertz CT molecular complexity index is 292. The summed E-state index contributed by atoms with van der Waals surface area (Å²) in [6.07, 6.45) is 29.5. The van der Waals surface area contributed by atoms with Gasteiger partial charge in [0.2, 0.25) is 0 Å². The molecule has 2 heteroatoms. The van der Waals surface area contributed by atoms with Gasteiger partial charge in [-0.25, -0.2) is 0 Å². The van der Waals surface area contributed by atoms with Crippen molar-refractivity contribution < 1.29 is 5.11 Å². The first kappa shape index (κ1) is 28.9. The predicted octanol–water partition coefficient (Wildman–Crippen LogP) is 8.76. The summed E-state index contributed by atoms with van der Waals surface area (Å²) in [4.78, 5) is 0. The van der Waals surface area contributed by atoms with Crippen molar-refractivity contribution in [3.05, 3.63) is 0 Å². The Morgan fingerprint density at radius 1 is 0.552 bits per heavy atom. The van der Waals surface area contributed by atoms with Gasteiger partial charge in [0.15, 0.2) is 0 Å². The van der Waals surface area contributed by atoms with Crippen LogP contribution < -0.4 is 5.32 Å². The van der Waals surface area contributed by atoms with Crippen LogP contribution in [0.3, 0.4) is 0 Å². The van der Waals surface area contributed by atoms with Crippen molar-refractivity contribution in [3.8, 4) is 0 Å². The van der Waals surface area contributed by atoms with Crippen LogP contribution in [0.4, 0.5) is 0 Å². The van der Waals surface area contributed by atoms with Gasteiger partial charge in [0.1, 0.15) is 6.23 Å². The molecule has 0 saturated carbocycles. The zero-order valence-electron chi connectivity index (χ0n) is 20.7. The molecular formula is C27H57NO. The maximum Gasteiger partial charge on any atom is 0.102 e. The van der Waals surface area contributed by atoms with E-state index in [0.29, 0.717) is 0 Å². The molecule has 2 nitrogen and oxygen atoms in total. The highest BCUT2D eigenvalue weighted by Crippen LogP contribution is 2.22. The van der Waals surface area contributed by atoms with E-state index >= 15 is 0 Å². The Morgan fingerprint density at radius 2 is 0.931 bits per heavy atom. The van der Waals surface area contributed by atoms with Crippen molar-refractivity contribution in [1.29, 1.82) is 0 Å². The summed E-state index contributed by atoms with van der Waals surface area (Å²) in [5.41, 5.74) is 0. The number of aliphatic hydroxyl groups excluding tert-OH is 1. The number of hydrogen-bond acceptors (Lipinski definition) is 2. The summed E-state index contributed by atoms with van der Waals surface area (Å²) in [6, 6.07) is 0. The minimum atomic E-state index is -0.355. The fourth-order valence-electron chi connectivity index (χ4n) is 4.40. The first-order valence-corrected chi connectivity index (χ1v) is 13.6. The Balaban J connectivity index is 3.29. The molecular weight excluding hydrogens is 354 g/mol. The van der Waals surface area contributed by atoms with E-state index in [0.717, 1.165) is 12.5 Å². The second kappa shape index (κ2) is 24.2. The fraction of sp³-hybridized carbons (Fsp3) is 1.00.